The van der Waals surface area contributed by atoms with Crippen LogP contribution in [-0.2, 0) is 4.74 Å². The standard InChI is InChI=1S/C17H23BrINO3/c1-17(2,3)23-16(21)20-8-4-5-12(10-20)11-22-15-7-6-13(19)9-14(15)18/h6-7,9,12H,4-5,8,10-11H2,1-3H3. The Kier molecular flexibility index (Phi) is 6.59. The molecule has 0 N–H and O–H groups in total. The molecule has 0 saturated carbocycles. The average molecular weight is 496 g/mol. The summed E-state index contributed by atoms with van der Waals surface area (Å²) in [6.45, 7) is 7.74. The molecular formula is C17H23BrINO3. The Balaban J connectivity index is 1.87. The molecule has 1 fully saturated rings. The molecule has 0 aromatic heterocycles. The van der Waals surface area contributed by atoms with E-state index in [-0.39, 0.29) is 6.09 Å². The van der Waals surface area contributed by atoms with Crippen LogP contribution in [0.4, 0.5) is 4.79 Å². The van der Waals surface area contributed by atoms with E-state index in [0.717, 1.165) is 33.2 Å². The predicted molar refractivity (Wildman–Crippen MR) is 103 cm³/mol. The van der Waals surface area contributed by atoms with Crippen molar-refractivity contribution in [2.75, 3.05) is 19.7 Å². The molecule has 2 rings (SSSR count). The molecule has 6 heteroatoms. The first-order valence-electron chi connectivity index (χ1n) is 7.80. The van der Waals surface area contributed by atoms with Crippen molar-refractivity contribution in [2.24, 2.45) is 5.92 Å². The molecule has 1 saturated heterocycles. The van der Waals surface area contributed by atoms with E-state index in [9.17, 15) is 4.79 Å². The number of nitrogens with zero attached hydrogens (tertiary/aromatic N) is 1. The van der Waals surface area contributed by atoms with Crippen LogP contribution < -0.4 is 4.74 Å². The van der Waals surface area contributed by atoms with Crippen LogP contribution >= 0.6 is 38.5 Å². The number of benzene rings is 1. The Bertz CT molecular complexity index is 559. The van der Waals surface area contributed by atoms with Crippen LogP contribution in [0, 0.1) is 9.49 Å². The second-order valence-electron chi connectivity index (χ2n) is 6.82. The number of ether oxygens (including phenoxy) is 2. The molecule has 23 heavy (non-hydrogen) atoms. The highest BCUT2D eigenvalue weighted by molar-refractivity contribution is 14.1. The Hall–Kier alpha value is -0.500. The zero-order chi connectivity index (χ0) is 17.0. The molecule has 0 spiro atoms. The normalized spacial score (nSPS) is 18.7. The summed E-state index contributed by atoms with van der Waals surface area (Å²) in [7, 11) is 0. The Morgan fingerprint density at radius 2 is 2.17 bits per heavy atom. The van der Waals surface area contributed by atoms with Crippen LogP contribution in [0.3, 0.4) is 0 Å². The van der Waals surface area contributed by atoms with Crippen molar-refractivity contribution < 1.29 is 14.3 Å². The molecule has 1 aromatic rings. The summed E-state index contributed by atoms with van der Waals surface area (Å²) >= 11 is 5.80. The van der Waals surface area contributed by atoms with Gasteiger partial charge in [0.05, 0.1) is 11.1 Å². The summed E-state index contributed by atoms with van der Waals surface area (Å²) in [6.07, 6.45) is 1.83. The van der Waals surface area contributed by atoms with Crippen molar-refractivity contribution in [2.45, 2.75) is 39.2 Å². The minimum atomic E-state index is -0.452. The quantitative estimate of drug-likeness (QED) is 0.549. The number of halogens is 2. The van der Waals surface area contributed by atoms with Gasteiger partial charge in [0.25, 0.3) is 0 Å². The zero-order valence-corrected chi connectivity index (χ0v) is 17.5. The lowest BCUT2D eigenvalue weighted by Crippen LogP contribution is -2.44. The van der Waals surface area contributed by atoms with Crippen molar-refractivity contribution in [3.8, 4) is 5.75 Å². The van der Waals surface area contributed by atoms with Gasteiger partial charge in [-0.05, 0) is 90.3 Å². The van der Waals surface area contributed by atoms with Gasteiger partial charge in [-0.1, -0.05) is 0 Å². The van der Waals surface area contributed by atoms with E-state index in [4.69, 9.17) is 9.47 Å². The fraction of sp³-hybridized carbons (Fsp3) is 0.588. The van der Waals surface area contributed by atoms with Crippen molar-refractivity contribution in [1.29, 1.82) is 0 Å². The lowest BCUT2D eigenvalue weighted by Gasteiger charge is -2.34. The smallest absolute Gasteiger partial charge is 0.410 e. The van der Waals surface area contributed by atoms with Crippen molar-refractivity contribution in [1.82, 2.24) is 4.90 Å². The molecule has 0 aliphatic carbocycles. The predicted octanol–water partition coefficient (Wildman–Crippen LogP) is 5.08. The minimum absolute atomic E-state index is 0.224. The van der Waals surface area contributed by atoms with Crippen molar-refractivity contribution in [3.63, 3.8) is 0 Å². The fourth-order valence-corrected chi connectivity index (χ4v) is 3.91. The van der Waals surface area contributed by atoms with Crippen LogP contribution in [0.15, 0.2) is 22.7 Å². The van der Waals surface area contributed by atoms with Crippen LogP contribution in [0.2, 0.25) is 0 Å². The molecule has 1 atom stereocenters. The molecule has 0 radical (unpaired) electrons. The molecule has 4 nitrogen and oxygen atoms in total. The average Bonchev–Trinajstić information content (AvgIpc) is 2.45. The summed E-state index contributed by atoms with van der Waals surface area (Å²) in [5.74, 6) is 1.18. The van der Waals surface area contributed by atoms with Gasteiger partial charge < -0.3 is 14.4 Å². The summed E-state index contributed by atoms with van der Waals surface area (Å²) in [6, 6.07) is 6.03. The highest BCUT2D eigenvalue weighted by Crippen LogP contribution is 2.28. The van der Waals surface area contributed by atoms with Crippen molar-refractivity contribution >= 4 is 44.6 Å². The Morgan fingerprint density at radius 3 is 2.83 bits per heavy atom. The fourth-order valence-electron chi connectivity index (χ4n) is 2.49. The first-order valence-corrected chi connectivity index (χ1v) is 9.67. The molecule has 1 heterocycles. The number of piperidine rings is 1. The molecule has 1 aromatic carbocycles. The van der Waals surface area contributed by atoms with E-state index in [1.165, 1.54) is 0 Å². The Morgan fingerprint density at radius 1 is 1.43 bits per heavy atom. The molecule has 128 valence electrons. The van der Waals surface area contributed by atoms with Gasteiger partial charge in [-0.15, -0.1) is 0 Å². The van der Waals surface area contributed by atoms with Gasteiger partial charge in [0.2, 0.25) is 0 Å². The van der Waals surface area contributed by atoms with Crippen LogP contribution in [0.1, 0.15) is 33.6 Å². The van der Waals surface area contributed by atoms with Gasteiger partial charge >= 0.3 is 6.09 Å². The first kappa shape index (κ1) is 18.8. The van der Waals surface area contributed by atoms with E-state index in [0.29, 0.717) is 19.1 Å². The maximum Gasteiger partial charge on any atom is 0.410 e. The van der Waals surface area contributed by atoms with Crippen LogP contribution in [0.5, 0.6) is 5.75 Å². The van der Waals surface area contributed by atoms with Gasteiger partial charge in [-0.2, -0.15) is 0 Å². The van der Waals surface area contributed by atoms with Crippen molar-refractivity contribution in [3.05, 3.63) is 26.2 Å². The zero-order valence-electron chi connectivity index (χ0n) is 13.8. The van der Waals surface area contributed by atoms with Gasteiger partial charge in [-0.3, -0.25) is 0 Å². The third-order valence-corrected chi connectivity index (χ3v) is 4.83. The maximum atomic E-state index is 12.2. The number of carbonyl (C=O) groups is 1. The Labute approximate surface area is 160 Å². The SMILES string of the molecule is CC(C)(C)OC(=O)N1CCCC(COc2ccc(I)cc2Br)C1. The van der Waals surface area contributed by atoms with E-state index in [1.54, 1.807) is 4.90 Å². The lowest BCUT2D eigenvalue weighted by atomic mass is 9.99. The topological polar surface area (TPSA) is 38.8 Å². The number of likely N-dealkylation sites (tertiary alicyclic amines) is 1. The van der Waals surface area contributed by atoms with E-state index < -0.39 is 5.60 Å². The van der Waals surface area contributed by atoms with Gasteiger partial charge in [-0.25, -0.2) is 4.79 Å². The number of carbonyl (C=O) groups excluding carboxylic acids is 1. The summed E-state index contributed by atoms with van der Waals surface area (Å²) in [5.41, 5.74) is -0.452. The third kappa shape index (κ3) is 6.14. The number of rotatable bonds is 3. The van der Waals surface area contributed by atoms with Gasteiger partial charge in [0, 0.05) is 22.6 Å². The van der Waals surface area contributed by atoms with E-state index >= 15 is 0 Å². The summed E-state index contributed by atoms with van der Waals surface area (Å²) in [4.78, 5) is 14.0. The molecule has 1 aliphatic rings. The van der Waals surface area contributed by atoms with Crippen LogP contribution in [-0.4, -0.2) is 36.3 Å². The molecule has 0 bridgehead atoms. The highest BCUT2D eigenvalue weighted by Gasteiger charge is 2.28. The minimum Gasteiger partial charge on any atom is -0.492 e. The molecule has 1 unspecified atom stereocenters. The maximum absolute atomic E-state index is 12.2. The van der Waals surface area contributed by atoms with Gasteiger partial charge in [0.15, 0.2) is 0 Å². The molecular weight excluding hydrogens is 473 g/mol. The van der Waals surface area contributed by atoms with E-state index in [2.05, 4.69) is 38.5 Å². The van der Waals surface area contributed by atoms with E-state index in [1.807, 2.05) is 39.0 Å². The number of hydrogen-bond donors (Lipinski definition) is 0. The monoisotopic (exact) mass is 495 g/mol. The summed E-state index contributed by atoms with van der Waals surface area (Å²) in [5, 5.41) is 0. The second kappa shape index (κ2) is 8.05. The highest BCUT2D eigenvalue weighted by atomic mass is 127. The second-order valence-corrected chi connectivity index (χ2v) is 8.92. The third-order valence-electron chi connectivity index (χ3n) is 3.54. The first-order chi connectivity index (χ1) is 10.7. The molecule has 1 aliphatic heterocycles. The largest absolute Gasteiger partial charge is 0.492 e. The van der Waals surface area contributed by atoms with Crippen LogP contribution in [0.25, 0.3) is 0 Å². The van der Waals surface area contributed by atoms with Gasteiger partial charge in [0.1, 0.15) is 11.4 Å². The number of hydrogen-bond acceptors (Lipinski definition) is 3. The lowest BCUT2D eigenvalue weighted by molar-refractivity contribution is 0.0139. The summed E-state index contributed by atoms with van der Waals surface area (Å²) < 4.78 is 13.5. The number of amides is 1. The molecule has 1 amide bonds.